The summed E-state index contributed by atoms with van der Waals surface area (Å²) in [5.41, 5.74) is 1.57. The van der Waals surface area contributed by atoms with Crippen LogP contribution in [-0.4, -0.2) is 36.9 Å². The molecule has 1 aromatic rings. The molecule has 0 saturated heterocycles. The number of guanidine groups is 1. The molecular formula is C22H36IN5O2. The molecule has 0 spiro atoms. The Bertz CT molecular complexity index is 724. The third-order valence-corrected chi connectivity index (χ3v) is 4.78. The lowest BCUT2D eigenvalue weighted by atomic mass is 9.88. The zero-order valence-electron chi connectivity index (χ0n) is 18.5. The molecule has 1 aliphatic rings. The van der Waals surface area contributed by atoms with Crippen molar-refractivity contribution in [1.29, 1.82) is 0 Å². The molecule has 2 rings (SSSR count). The number of nitrogens with one attached hydrogen (secondary N) is 4. The summed E-state index contributed by atoms with van der Waals surface area (Å²) in [6.07, 6.45) is 5.48. The van der Waals surface area contributed by atoms with E-state index >= 15 is 0 Å². The largest absolute Gasteiger partial charge is 0.352 e. The third kappa shape index (κ3) is 9.77. The van der Waals surface area contributed by atoms with Crippen LogP contribution in [0.25, 0.3) is 0 Å². The monoisotopic (exact) mass is 529 g/mol. The van der Waals surface area contributed by atoms with Crippen molar-refractivity contribution in [2.24, 2.45) is 10.9 Å². The standard InChI is InChI=1S/C22H35N5O2.HI/c1-22(2,3)27-19(28)15-25-21(23-4)24-14-16-9-8-12-18(13-16)26-20(29)17-10-6-5-7-11-17;/h8-9,12-13,17H,5-7,10-11,14-15H2,1-4H3,(H,26,29)(H,27,28)(H2,23,24,25);1H. The van der Waals surface area contributed by atoms with Crippen LogP contribution in [0.2, 0.25) is 0 Å². The highest BCUT2D eigenvalue weighted by atomic mass is 127. The fourth-order valence-electron chi connectivity index (χ4n) is 3.40. The number of aliphatic imine (C=N–C) groups is 1. The second-order valence-corrected chi connectivity index (χ2v) is 8.60. The Morgan fingerprint density at radius 1 is 1.10 bits per heavy atom. The van der Waals surface area contributed by atoms with E-state index in [1.165, 1.54) is 6.42 Å². The molecule has 30 heavy (non-hydrogen) atoms. The first-order chi connectivity index (χ1) is 13.8. The van der Waals surface area contributed by atoms with Gasteiger partial charge in [0, 0.05) is 30.7 Å². The molecule has 0 radical (unpaired) electrons. The molecule has 0 bridgehead atoms. The van der Waals surface area contributed by atoms with Gasteiger partial charge in [0.15, 0.2) is 5.96 Å². The second-order valence-electron chi connectivity index (χ2n) is 8.60. The first-order valence-corrected chi connectivity index (χ1v) is 10.4. The first kappa shape index (κ1) is 26.2. The van der Waals surface area contributed by atoms with Gasteiger partial charge in [-0.1, -0.05) is 31.4 Å². The molecule has 2 amide bonds. The lowest BCUT2D eigenvalue weighted by Crippen LogP contribution is -2.48. The second kappa shape index (κ2) is 12.8. The quantitative estimate of drug-likeness (QED) is 0.258. The molecule has 4 N–H and O–H groups in total. The molecule has 0 atom stereocenters. The summed E-state index contributed by atoms with van der Waals surface area (Å²) in [5.74, 6) is 0.712. The molecular weight excluding hydrogens is 493 g/mol. The molecule has 1 saturated carbocycles. The number of amides is 2. The molecule has 0 unspecified atom stereocenters. The Balaban J connectivity index is 0.00000450. The van der Waals surface area contributed by atoms with Gasteiger partial charge in [0.1, 0.15) is 0 Å². The van der Waals surface area contributed by atoms with Gasteiger partial charge in [0.25, 0.3) is 0 Å². The van der Waals surface area contributed by atoms with E-state index in [1.54, 1.807) is 7.05 Å². The van der Waals surface area contributed by atoms with Gasteiger partial charge in [0.05, 0.1) is 6.54 Å². The zero-order chi connectivity index (χ0) is 21.3. The van der Waals surface area contributed by atoms with Gasteiger partial charge >= 0.3 is 0 Å². The van der Waals surface area contributed by atoms with Crippen molar-refractivity contribution in [1.82, 2.24) is 16.0 Å². The molecule has 0 aliphatic heterocycles. The smallest absolute Gasteiger partial charge is 0.239 e. The van der Waals surface area contributed by atoms with Crippen LogP contribution in [-0.2, 0) is 16.1 Å². The minimum Gasteiger partial charge on any atom is -0.352 e. The molecule has 1 fully saturated rings. The van der Waals surface area contributed by atoms with Crippen LogP contribution in [0.5, 0.6) is 0 Å². The summed E-state index contributed by atoms with van der Waals surface area (Å²) in [4.78, 5) is 28.5. The maximum Gasteiger partial charge on any atom is 0.239 e. The molecule has 8 heteroatoms. The van der Waals surface area contributed by atoms with Gasteiger partial charge in [-0.15, -0.1) is 24.0 Å². The minimum absolute atomic E-state index is 0. The fourth-order valence-corrected chi connectivity index (χ4v) is 3.40. The SMILES string of the molecule is CN=C(NCC(=O)NC(C)(C)C)NCc1cccc(NC(=O)C2CCCCC2)c1.I. The van der Waals surface area contributed by atoms with Crippen LogP contribution in [0.15, 0.2) is 29.3 Å². The molecule has 0 heterocycles. The van der Waals surface area contributed by atoms with Crippen molar-refractivity contribution in [2.45, 2.75) is 65.0 Å². The van der Waals surface area contributed by atoms with Gasteiger partial charge in [-0.3, -0.25) is 14.6 Å². The van der Waals surface area contributed by atoms with Gasteiger partial charge in [-0.25, -0.2) is 0 Å². The van der Waals surface area contributed by atoms with Gasteiger partial charge < -0.3 is 21.3 Å². The maximum absolute atomic E-state index is 12.4. The summed E-state index contributed by atoms with van der Waals surface area (Å²) < 4.78 is 0. The number of carbonyl (C=O) groups is 2. The molecule has 7 nitrogen and oxygen atoms in total. The van der Waals surface area contributed by atoms with E-state index in [2.05, 4.69) is 26.3 Å². The number of benzene rings is 1. The van der Waals surface area contributed by atoms with E-state index in [0.29, 0.717) is 12.5 Å². The van der Waals surface area contributed by atoms with E-state index in [-0.39, 0.29) is 53.8 Å². The topological polar surface area (TPSA) is 94.6 Å². The summed E-state index contributed by atoms with van der Waals surface area (Å²) >= 11 is 0. The highest BCUT2D eigenvalue weighted by Gasteiger charge is 2.21. The zero-order valence-corrected chi connectivity index (χ0v) is 20.8. The molecule has 1 aliphatic carbocycles. The Morgan fingerprint density at radius 3 is 2.43 bits per heavy atom. The number of anilines is 1. The third-order valence-electron chi connectivity index (χ3n) is 4.78. The number of carbonyl (C=O) groups excluding carboxylic acids is 2. The minimum atomic E-state index is -0.266. The molecule has 1 aromatic carbocycles. The van der Waals surface area contributed by atoms with Crippen LogP contribution >= 0.6 is 24.0 Å². The van der Waals surface area contributed by atoms with Crippen LogP contribution in [0, 0.1) is 5.92 Å². The van der Waals surface area contributed by atoms with Gasteiger partial charge in [-0.05, 0) is 51.3 Å². The average Bonchev–Trinajstić information content (AvgIpc) is 2.67. The van der Waals surface area contributed by atoms with Crippen molar-refractivity contribution >= 4 is 47.4 Å². The Hall–Kier alpha value is -1.84. The molecule has 0 aromatic heterocycles. The Morgan fingerprint density at radius 2 is 1.80 bits per heavy atom. The van der Waals surface area contributed by atoms with E-state index in [1.807, 2.05) is 45.0 Å². The normalized spacial score (nSPS) is 15.0. The summed E-state index contributed by atoms with van der Waals surface area (Å²) in [7, 11) is 1.66. The van der Waals surface area contributed by atoms with Crippen LogP contribution < -0.4 is 21.3 Å². The summed E-state index contributed by atoms with van der Waals surface area (Å²) in [6.45, 7) is 6.51. The lowest BCUT2D eigenvalue weighted by Gasteiger charge is -2.21. The average molecular weight is 529 g/mol. The highest BCUT2D eigenvalue weighted by molar-refractivity contribution is 14.0. The van der Waals surface area contributed by atoms with Gasteiger partial charge in [0.2, 0.25) is 11.8 Å². The number of hydrogen-bond acceptors (Lipinski definition) is 3. The number of halogens is 1. The summed E-state index contributed by atoms with van der Waals surface area (Å²) in [6, 6.07) is 7.80. The Labute approximate surface area is 197 Å². The van der Waals surface area contributed by atoms with Crippen LogP contribution in [0.1, 0.15) is 58.4 Å². The van der Waals surface area contributed by atoms with Crippen LogP contribution in [0.4, 0.5) is 5.69 Å². The maximum atomic E-state index is 12.4. The van der Waals surface area contributed by atoms with Gasteiger partial charge in [-0.2, -0.15) is 0 Å². The van der Waals surface area contributed by atoms with Crippen molar-refractivity contribution in [2.75, 3.05) is 18.9 Å². The fraction of sp³-hybridized carbons (Fsp3) is 0.591. The number of nitrogens with zero attached hydrogens (tertiary/aromatic N) is 1. The van der Waals surface area contributed by atoms with Crippen molar-refractivity contribution in [3.05, 3.63) is 29.8 Å². The lowest BCUT2D eigenvalue weighted by molar-refractivity contribution is -0.121. The predicted octanol–water partition coefficient (Wildman–Crippen LogP) is 3.40. The van der Waals surface area contributed by atoms with Crippen molar-refractivity contribution in [3.63, 3.8) is 0 Å². The highest BCUT2D eigenvalue weighted by Crippen LogP contribution is 2.25. The molecule has 168 valence electrons. The van der Waals surface area contributed by atoms with Crippen LogP contribution in [0.3, 0.4) is 0 Å². The van der Waals surface area contributed by atoms with E-state index < -0.39 is 0 Å². The first-order valence-electron chi connectivity index (χ1n) is 10.4. The number of rotatable bonds is 6. The van der Waals surface area contributed by atoms with Crippen molar-refractivity contribution < 1.29 is 9.59 Å². The van der Waals surface area contributed by atoms with E-state index in [9.17, 15) is 9.59 Å². The predicted molar refractivity (Wildman–Crippen MR) is 133 cm³/mol. The Kier molecular flexibility index (Phi) is 11.1. The van der Waals surface area contributed by atoms with E-state index in [0.717, 1.165) is 36.9 Å². The van der Waals surface area contributed by atoms with E-state index in [4.69, 9.17) is 0 Å². The summed E-state index contributed by atoms with van der Waals surface area (Å²) in [5, 5.41) is 12.2. The number of hydrogen-bond donors (Lipinski definition) is 4. The van der Waals surface area contributed by atoms with Crippen molar-refractivity contribution in [3.8, 4) is 0 Å².